The Morgan fingerprint density at radius 2 is 2.33 bits per heavy atom. The summed E-state index contributed by atoms with van der Waals surface area (Å²) in [6.07, 6.45) is 2.50. The van der Waals surface area contributed by atoms with E-state index in [0.29, 0.717) is 0 Å². The molecule has 0 amide bonds. The van der Waals surface area contributed by atoms with Crippen LogP contribution in [-0.2, 0) is 0 Å². The van der Waals surface area contributed by atoms with Gasteiger partial charge in [0.1, 0.15) is 0 Å². The maximum Gasteiger partial charge on any atom is 0.238 e. The lowest BCUT2D eigenvalue weighted by atomic mass is 10.5. The van der Waals surface area contributed by atoms with Crippen LogP contribution in [0.3, 0.4) is 0 Å². The molecule has 1 rings (SSSR count). The molecule has 0 bridgehead atoms. The number of nitrogens with zero attached hydrogens (tertiary/aromatic N) is 1. The molecular weight excluding hydrogens is 118 g/mol. The van der Waals surface area contributed by atoms with E-state index in [1.54, 1.807) is 0 Å². The first kappa shape index (κ1) is 5.75. The third-order valence-corrected chi connectivity index (χ3v) is 0.870. The Labute approximate surface area is 51.6 Å². The van der Waals surface area contributed by atoms with Crippen LogP contribution >= 0.6 is 0 Å². The van der Waals surface area contributed by atoms with Crippen molar-refractivity contribution in [3.8, 4) is 5.75 Å². The summed E-state index contributed by atoms with van der Waals surface area (Å²) in [5, 5.41) is 8.73. The van der Waals surface area contributed by atoms with E-state index < -0.39 is 5.43 Å². The molecule has 0 fully saturated rings. The Hall–Kier alpha value is -1.38. The molecule has 0 spiro atoms. The minimum Gasteiger partial charge on any atom is -0.504 e. The smallest absolute Gasteiger partial charge is 0.238 e. The first-order valence-corrected chi connectivity index (χ1v) is 2.44. The Morgan fingerprint density at radius 1 is 1.56 bits per heavy atom. The van der Waals surface area contributed by atoms with Crippen molar-refractivity contribution in [1.29, 1.82) is 0 Å². The van der Waals surface area contributed by atoms with Gasteiger partial charge in [-0.25, -0.2) is 0 Å². The molecule has 0 aliphatic heterocycles. The van der Waals surface area contributed by atoms with Crippen LogP contribution in [0.5, 0.6) is 5.75 Å². The monoisotopic (exact) mass is 123 g/mol. The summed E-state index contributed by atoms with van der Waals surface area (Å²) in [4.78, 5) is 14.0. The molecule has 1 aromatic rings. The van der Waals surface area contributed by atoms with Crippen LogP contribution in [0.4, 0.5) is 0 Å². The van der Waals surface area contributed by atoms with Crippen LogP contribution < -0.4 is 5.43 Å². The first-order valence-electron chi connectivity index (χ1n) is 2.44. The van der Waals surface area contributed by atoms with Gasteiger partial charge < -0.3 is 5.11 Å². The maximum atomic E-state index is 10.5. The minimum atomic E-state index is -0.458. The van der Waals surface area contributed by atoms with Gasteiger partial charge in [0, 0.05) is 6.20 Å². The molecule has 0 saturated carbocycles. The average molecular weight is 123 g/mol. The fourth-order valence-corrected chi connectivity index (χ4v) is 0.443. The fraction of sp³-hybridized carbons (Fsp3) is 0. The summed E-state index contributed by atoms with van der Waals surface area (Å²) < 4.78 is 0. The van der Waals surface area contributed by atoms with E-state index in [0.717, 1.165) is 6.20 Å². The molecule has 0 aliphatic carbocycles. The highest BCUT2D eigenvalue weighted by atomic mass is 16.3. The van der Waals surface area contributed by atoms with Crippen LogP contribution in [0.25, 0.3) is 0 Å². The number of aromatic hydroxyl groups is 1. The van der Waals surface area contributed by atoms with Crippen LogP contribution in [0, 0.1) is 0 Å². The topological polar surface area (TPSA) is 50.2 Å². The molecule has 3 heteroatoms. The van der Waals surface area contributed by atoms with E-state index in [1.807, 2.05) is 0 Å². The van der Waals surface area contributed by atoms with Gasteiger partial charge in [0.2, 0.25) is 5.43 Å². The Bertz CT molecular complexity index is 259. The molecule has 1 N–H and O–H groups in total. The highest BCUT2D eigenvalue weighted by Crippen LogP contribution is 1.92. The first-order chi connectivity index (χ1) is 4.30. The van der Waals surface area contributed by atoms with Crippen LogP contribution in [0.1, 0.15) is 0 Å². The Balaban J connectivity index is 3.42. The van der Waals surface area contributed by atoms with E-state index in [-0.39, 0.29) is 5.75 Å². The second kappa shape index (κ2) is 2.26. The highest BCUT2D eigenvalue weighted by molar-refractivity contribution is 5.14. The molecule has 0 aromatic carbocycles. The maximum absolute atomic E-state index is 10.5. The van der Waals surface area contributed by atoms with Gasteiger partial charge >= 0.3 is 0 Å². The molecule has 9 heavy (non-hydrogen) atoms. The van der Waals surface area contributed by atoms with E-state index in [1.165, 1.54) is 18.3 Å². The van der Waals surface area contributed by atoms with Gasteiger partial charge in [-0.05, 0) is 12.1 Å². The summed E-state index contributed by atoms with van der Waals surface area (Å²) in [6, 6.07) is 2.80. The highest BCUT2D eigenvalue weighted by Gasteiger charge is 1.86. The predicted molar refractivity (Wildman–Crippen MR) is 32.2 cm³/mol. The SMILES string of the molecule is O=c1cncccc1O. The lowest BCUT2D eigenvalue weighted by Crippen LogP contribution is -1.92. The predicted octanol–water partition coefficient (Wildman–Crippen LogP) is 0.147. The fourth-order valence-electron chi connectivity index (χ4n) is 0.443. The summed E-state index contributed by atoms with van der Waals surface area (Å²) in [7, 11) is 0. The van der Waals surface area contributed by atoms with Gasteiger partial charge in [0.15, 0.2) is 5.75 Å². The molecule has 1 heterocycles. The number of aromatic nitrogens is 1. The molecule has 3 nitrogen and oxygen atoms in total. The van der Waals surface area contributed by atoms with Gasteiger partial charge in [-0.3, -0.25) is 9.78 Å². The lowest BCUT2D eigenvalue weighted by molar-refractivity contribution is 0.471. The standard InChI is InChI=1S/C6H5NO2/c8-5-2-1-3-7-4-6(5)9/h1-4H,(H,8,9). The normalized spacial score (nSPS) is 8.89. The summed E-state index contributed by atoms with van der Waals surface area (Å²) >= 11 is 0. The molecule has 0 aliphatic rings. The zero-order chi connectivity index (χ0) is 6.69. The minimum absolute atomic E-state index is 0.271. The average Bonchev–Trinajstić information content (AvgIpc) is 1.99. The van der Waals surface area contributed by atoms with Gasteiger partial charge in [0.25, 0.3) is 0 Å². The quantitative estimate of drug-likeness (QED) is 0.534. The number of rotatable bonds is 0. The van der Waals surface area contributed by atoms with Gasteiger partial charge in [-0.2, -0.15) is 0 Å². The molecule has 46 valence electrons. The largest absolute Gasteiger partial charge is 0.504 e. The van der Waals surface area contributed by atoms with Gasteiger partial charge in [-0.1, -0.05) is 0 Å². The Morgan fingerprint density at radius 3 is 3.11 bits per heavy atom. The molecule has 0 saturated heterocycles. The van der Waals surface area contributed by atoms with E-state index in [9.17, 15) is 4.79 Å². The number of hydrogen-bond acceptors (Lipinski definition) is 3. The molecular formula is C6H5NO2. The molecule has 0 radical (unpaired) electrons. The van der Waals surface area contributed by atoms with Crippen molar-refractivity contribution in [2.45, 2.75) is 0 Å². The van der Waals surface area contributed by atoms with Crippen molar-refractivity contribution in [3.63, 3.8) is 0 Å². The van der Waals surface area contributed by atoms with E-state index in [4.69, 9.17) is 5.11 Å². The van der Waals surface area contributed by atoms with Crippen LogP contribution in [0.2, 0.25) is 0 Å². The van der Waals surface area contributed by atoms with Crippen molar-refractivity contribution in [3.05, 3.63) is 34.7 Å². The van der Waals surface area contributed by atoms with E-state index in [2.05, 4.69) is 4.98 Å². The molecule has 0 atom stereocenters. The summed E-state index contributed by atoms with van der Waals surface area (Å²) in [5.41, 5.74) is -0.458. The second-order valence-corrected chi connectivity index (χ2v) is 1.54. The zero-order valence-corrected chi connectivity index (χ0v) is 4.61. The molecule has 1 aromatic heterocycles. The van der Waals surface area contributed by atoms with Crippen molar-refractivity contribution in [2.75, 3.05) is 0 Å². The van der Waals surface area contributed by atoms with Crippen LogP contribution in [0.15, 0.2) is 29.3 Å². The third kappa shape index (κ3) is 1.25. The van der Waals surface area contributed by atoms with Crippen molar-refractivity contribution in [1.82, 2.24) is 4.98 Å². The van der Waals surface area contributed by atoms with Crippen molar-refractivity contribution in [2.24, 2.45) is 0 Å². The van der Waals surface area contributed by atoms with Crippen LogP contribution in [-0.4, -0.2) is 10.1 Å². The Kier molecular flexibility index (Phi) is 1.44. The zero-order valence-electron chi connectivity index (χ0n) is 4.61. The van der Waals surface area contributed by atoms with Gasteiger partial charge in [0.05, 0.1) is 6.20 Å². The molecule has 0 unspecified atom stereocenters. The summed E-state index contributed by atoms with van der Waals surface area (Å²) in [5.74, 6) is -0.271. The van der Waals surface area contributed by atoms with Gasteiger partial charge in [-0.15, -0.1) is 0 Å². The van der Waals surface area contributed by atoms with E-state index >= 15 is 0 Å². The third-order valence-electron chi connectivity index (χ3n) is 0.870. The summed E-state index contributed by atoms with van der Waals surface area (Å²) in [6.45, 7) is 0. The van der Waals surface area contributed by atoms with Crippen molar-refractivity contribution < 1.29 is 5.11 Å². The number of hydrogen-bond donors (Lipinski definition) is 1. The lowest BCUT2D eigenvalue weighted by Gasteiger charge is -1.74. The van der Waals surface area contributed by atoms with Crippen molar-refractivity contribution >= 4 is 0 Å². The second-order valence-electron chi connectivity index (χ2n) is 1.54.